The van der Waals surface area contributed by atoms with E-state index in [0.29, 0.717) is 12.2 Å². The summed E-state index contributed by atoms with van der Waals surface area (Å²) in [7, 11) is 0. The van der Waals surface area contributed by atoms with Gasteiger partial charge in [0.05, 0.1) is 29.1 Å². The Bertz CT molecular complexity index is 442. The van der Waals surface area contributed by atoms with E-state index in [0.717, 1.165) is 11.4 Å². The topological polar surface area (TPSA) is 50.9 Å². The van der Waals surface area contributed by atoms with E-state index in [1.54, 1.807) is 11.6 Å². The highest BCUT2D eigenvalue weighted by Crippen LogP contribution is 2.19. The van der Waals surface area contributed by atoms with E-state index in [9.17, 15) is 4.39 Å². The summed E-state index contributed by atoms with van der Waals surface area (Å²) in [6.45, 7) is 0.597. The molecule has 0 aliphatic heterocycles. The number of aromatic nitrogens is 1. The Morgan fingerprint density at radius 3 is 3.00 bits per heavy atom. The van der Waals surface area contributed by atoms with Crippen molar-refractivity contribution in [1.82, 2.24) is 4.98 Å². The molecular formula is C10H10FN3S. The van der Waals surface area contributed by atoms with Gasteiger partial charge in [-0.05, 0) is 18.2 Å². The number of halogens is 1. The molecule has 0 fully saturated rings. The Labute approximate surface area is 90.8 Å². The van der Waals surface area contributed by atoms with Crippen LogP contribution in [0, 0.1) is 5.82 Å². The van der Waals surface area contributed by atoms with Crippen molar-refractivity contribution >= 4 is 22.7 Å². The van der Waals surface area contributed by atoms with E-state index in [2.05, 4.69) is 10.3 Å². The third-order valence-electron chi connectivity index (χ3n) is 1.96. The molecule has 0 aliphatic rings. The van der Waals surface area contributed by atoms with Gasteiger partial charge in [0.25, 0.3) is 0 Å². The fourth-order valence-electron chi connectivity index (χ4n) is 1.21. The van der Waals surface area contributed by atoms with Gasteiger partial charge in [-0.2, -0.15) is 0 Å². The van der Waals surface area contributed by atoms with Crippen molar-refractivity contribution < 1.29 is 4.39 Å². The number of nitrogens with one attached hydrogen (secondary N) is 1. The maximum absolute atomic E-state index is 12.7. The molecule has 0 saturated carbocycles. The van der Waals surface area contributed by atoms with Gasteiger partial charge < -0.3 is 11.1 Å². The molecule has 0 radical (unpaired) electrons. The number of nitrogens with two attached hydrogens (primary N) is 1. The van der Waals surface area contributed by atoms with Gasteiger partial charge in [-0.3, -0.25) is 0 Å². The first-order valence-corrected chi connectivity index (χ1v) is 5.36. The van der Waals surface area contributed by atoms with Gasteiger partial charge >= 0.3 is 0 Å². The lowest BCUT2D eigenvalue weighted by Crippen LogP contribution is -2.02. The van der Waals surface area contributed by atoms with Gasteiger partial charge in [0, 0.05) is 5.38 Å². The highest BCUT2D eigenvalue weighted by Gasteiger charge is 2.01. The summed E-state index contributed by atoms with van der Waals surface area (Å²) in [5, 5.41) is 5.05. The number of nitrogens with zero attached hydrogens (tertiary/aromatic N) is 1. The molecule has 78 valence electrons. The van der Waals surface area contributed by atoms with Crippen LogP contribution in [0.15, 0.2) is 29.1 Å². The monoisotopic (exact) mass is 223 g/mol. The van der Waals surface area contributed by atoms with Crippen molar-refractivity contribution in [3.05, 3.63) is 40.6 Å². The van der Waals surface area contributed by atoms with Gasteiger partial charge in [0.1, 0.15) is 5.82 Å². The predicted octanol–water partition coefficient (Wildman–Crippen LogP) is 2.48. The van der Waals surface area contributed by atoms with Crippen molar-refractivity contribution in [2.75, 3.05) is 11.1 Å². The highest BCUT2D eigenvalue weighted by atomic mass is 32.1. The quantitative estimate of drug-likeness (QED) is 0.786. The second kappa shape index (κ2) is 4.27. The second-order valence-corrected chi connectivity index (χ2v) is 3.78. The van der Waals surface area contributed by atoms with Crippen molar-refractivity contribution in [3.63, 3.8) is 0 Å². The normalized spacial score (nSPS) is 10.2. The largest absolute Gasteiger partial charge is 0.397 e. The lowest BCUT2D eigenvalue weighted by Gasteiger charge is -2.07. The van der Waals surface area contributed by atoms with Crippen LogP contribution in [-0.4, -0.2) is 4.98 Å². The van der Waals surface area contributed by atoms with Crippen LogP contribution in [0.25, 0.3) is 0 Å². The first kappa shape index (κ1) is 9.92. The zero-order chi connectivity index (χ0) is 10.7. The molecule has 0 bridgehead atoms. The van der Waals surface area contributed by atoms with E-state index >= 15 is 0 Å². The Morgan fingerprint density at radius 2 is 2.33 bits per heavy atom. The van der Waals surface area contributed by atoms with E-state index < -0.39 is 0 Å². The average Bonchev–Trinajstić information content (AvgIpc) is 2.69. The molecule has 5 heteroatoms. The maximum atomic E-state index is 12.7. The Morgan fingerprint density at radius 1 is 1.47 bits per heavy atom. The Balaban J connectivity index is 2.05. The van der Waals surface area contributed by atoms with Gasteiger partial charge in [-0.25, -0.2) is 9.37 Å². The van der Waals surface area contributed by atoms with Crippen LogP contribution in [0.1, 0.15) is 5.69 Å². The molecule has 0 atom stereocenters. The summed E-state index contributed by atoms with van der Waals surface area (Å²) in [5.74, 6) is -0.327. The molecule has 1 heterocycles. The minimum Gasteiger partial charge on any atom is -0.397 e. The fourth-order valence-corrected chi connectivity index (χ4v) is 1.76. The lowest BCUT2D eigenvalue weighted by atomic mass is 10.2. The summed E-state index contributed by atoms with van der Waals surface area (Å²) in [4.78, 5) is 4.12. The number of anilines is 2. The zero-order valence-corrected chi connectivity index (χ0v) is 8.72. The molecule has 0 unspecified atom stereocenters. The van der Waals surface area contributed by atoms with E-state index in [1.807, 2.05) is 5.38 Å². The number of nitrogen functional groups attached to an aromatic ring is 1. The molecule has 0 spiro atoms. The lowest BCUT2D eigenvalue weighted by molar-refractivity contribution is 0.628. The van der Waals surface area contributed by atoms with Gasteiger partial charge in [0.2, 0.25) is 0 Å². The standard InChI is InChI=1S/C10H10FN3S/c11-7-1-2-10(9(12)3-7)13-4-8-5-15-6-14-8/h1-3,5-6,13H,4,12H2. The predicted molar refractivity (Wildman–Crippen MR) is 60.3 cm³/mol. The van der Waals surface area contributed by atoms with Crippen molar-refractivity contribution in [2.24, 2.45) is 0 Å². The number of hydrogen-bond donors (Lipinski definition) is 2. The Kier molecular flexibility index (Phi) is 2.82. The molecular weight excluding hydrogens is 213 g/mol. The zero-order valence-electron chi connectivity index (χ0n) is 7.90. The van der Waals surface area contributed by atoms with Gasteiger partial charge in [0.15, 0.2) is 0 Å². The Hall–Kier alpha value is -1.62. The van der Waals surface area contributed by atoms with Crippen LogP contribution >= 0.6 is 11.3 Å². The maximum Gasteiger partial charge on any atom is 0.125 e. The van der Waals surface area contributed by atoms with Crippen molar-refractivity contribution in [3.8, 4) is 0 Å². The van der Waals surface area contributed by atoms with Crippen LogP contribution in [0.2, 0.25) is 0 Å². The van der Waals surface area contributed by atoms with Crippen molar-refractivity contribution in [2.45, 2.75) is 6.54 Å². The molecule has 3 N–H and O–H groups in total. The molecule has 15 heavy (non-hydrogen) atoms. The van der Waals surface area contributed by atoms with Gasteiger partial charge in [-0.1, -0.05) is 0 Å². The molecule has 0 saturated heterocycles. The minimum absolute atomic E-state index is 0.327. The van der Waals surface area contributed by atoms with Gasteiger partial charge in [-0.15, -0.1) is 11.3 Å². The number of rotatable bonds is 3. The molecule has 3 nitrogen and oxygen atoms in total. The highest BCUT2D eigenvalue weighted by molar-refractivity contribution is 7.07. The van der Waals surface area contributed by atoms with Crippen LogP contribution in [-0.2, 0) is 6.54 Å². The number of hydrogen-bond acceptors (Lipinski definition) is 4. The van der Waals surface area contributed by atoms with Crippen LogP contribution in [0.4, 0.5) is 15.8 Å². The minimum atomic E-state index is -0.327. The second-order valence-electron chi connectivity index (χ2n) is 3.06. The molecule has 2 aromatic rings. The number of thiazole rings is 1. The molecule has 2 rings (SSSR count). The summed E-state index contributed by atoms with van der Waals surface area (Å²) < 4.78 is 12.7. The van der Waals surface area contributed by atoms with Crippen LogP contribution in [0.3, 0.4) is 0 Å². The van der Waals surface area contributed by atoms with E-state index in [1.165, 1.54) is 23.5 Å². The first-order valence-electron chi connectivity index (χ1n) is 4.41. The molecule has 1 aromatic heterocycles. The molecule has 1 aromatic carbocycles. The van der Waals surface area contributed by atoms with Crippen LogP contribution in [0.5, 0.6) is 0 Å². The third kappa shape index (κ3) is 2.44. The fraction of sp³-hybridized carbons (Fsp3) is 0.100. The smallest absolute Gasteiger partial charge is 0.125 e. The summed E-state index contributed by atoms with van der Waals surface area (Å²) in [6.07, 6.45) is 0. The third-order valence-corrected chi connectivity index (χ3v) is 2.59. The van der Waals surface area contributed by atoms with Crippen molar-refractivity contribution in [1.29, 1.82) is 0 Å². The molecule has 0 amide bonds. The first-order chi connectivity index (χ1) is 7.25. The molecule has 0 aliphatic carbocycles. The van der Waals surface area contributed by atoms with Crippen LogP contribution < -0.4 is 11.1 Å². The number of benzene rings is 1. The summed E-state index contributed by atoms with van der Waals surface area (Å²) in [6, 6.07) is 4.29. The average molecular weight is 223 g/mol. The SMILES string of the molecule is Nc1cc(F)ccc1NCc1cscn1. The summed E-state index contributed by atoms with van der Waals surface area (Å²) >= 11 is 1.54. The summed E-state index contributed by atoms with van der Waals surface area (Å²) in [5.41, 5.74) is 9.49. The van der Waals surface area contributed by atoms with E-state index in [-0.39, 0.29) is 5.82 Å². The van der Waals surface area contributed by atoms with E-state index in [4.69, 9.17) is 5.73 Å².